The minimum absolute atomic E-state index is 0.197. The Morgan fingerprint density at radius 2 is 1.36 bits per heavy atom. The fourth-order valence-corrected chi connectivity index (χ4v) is 6.06. The summed E-state index contributed by atoms with van der Waals surface area (Å²) >= 11 is 0. The van der Waals surface area contributed by atoms with Gasteiger partial charge in [0.05, 0.1) is 5.56 Å². The zero-order chi connectivity index (χ0) is 23.8. The van der Waals surface area contributed by atoms with Crippen LogP contribution in [0.2, 0.25) is 0 Å². The predicted molar refractivity (Wildman–Crippen MR) is 129 cm³/mol. The van der Waals surface area contributed by atoms with Crippen LogP contribution in [0.5, 0.6) is 0 Å². The Labute approximate surface area is 198 Å². The molecular formula is C29H42F4. The van der Waals surface area contributed by atoms with Crippen molar-refractivity contribution in [2.24, 2.45) is 17.8 Å². The fourth-order valence-electron chi connectivity index (χ4n) is 6.06. The minimum atomic E-state index is -4.62. The van der Waals surface area contributed by atoms with E-state index in [4.69, 9.17) is 0 Å². The summed E-state index contributed by atoms with van der Waals surface area (Å²) in [7, 11) is 0. The Balaban J connectivity index is 1.29. The van der Waals surface area contributed by atoms with Crippen LogP contribution in [0.15, 0.2) is 30.4 Å². The molecule has 2 aliphatic carbocycles. The lowest BCUT2D eigenvalue weighted by molar-refractivity contribution is -0.140. The van der Waals surface area contributed by atoms with E-state index in [0.29, 0.717) is 0 Å². The van der Waals surface area contributed by atoms with E-state index in [2.05, 4.69) is 13.5 Å². The molecule has 0 bridgehead atoms. The fraction of sp³-hybridized carbons (Fsp3) is 0.724. The number of hydrogen-bond acceptors (Lipinski definition) is 0. The molecule has 2 saturated carbocycles. The smallest absolute Gasteiger partial charge is 0.206 e. The van der Waals surface area contributed by atoms with E-state index in [-0.39, 0.29) is 5.92 Å². The molecule has 186 valence electrons. The number of benzene rings is 1. The average molecular weight is 467 g/mol. The maximum atomic E-state index is 13.9. The largest absolute Gasteiger partial charge is 0.419 e. The minimum Gasteiger partial charge on any atom is -0.206 e. The van der Waals surface area contributed by atoms with E-state index < -0.39 is 17.6 Å². The van der Waals surface area contributed by atoms with Crippen molar-refractivity contribution in [3.8, 4) is 0 Å². The molecule has 0 unspecified atom stereocenters. The number of hydrogen-bond donors (Lipinski definition) is 0. The number of alkyl halides is 3. The summed E-state index contributed by atoms with van der Waals surface area (Å²) in [4.78, 5) is 0. The topological polar surface area (TPSA) is 0 Å². The van der Waals surface area contributed by atoms with Crippen molar-refractivity contribution in [1.82, 2.24) is 0 Å². The molecule has 0 atom stereocenters. The first kappa shape index (κ1) is 26.3. The Kier molecular flexibility index (Phi) is 9.88. The Hall–Kier alpha value is -1.32. The maximum absolute atomic E-state index is 13.9. The Morgan fingerprint density at radius 1 is 0.848 bits per heavy atom. The van der Waals surface area contributed by atoms with Crippen molar-refractivity contribution in [2.45, 2.75) is 115 Å². The molecule has 1 aromatic carbocycles. The lowest BCUT2D eigenvalue weighted by Gasteiger charge is -2.30. The van der Waals surface area contributed by atoms with Gasteiger partial charge in [-0.25, -0.2) is 4.39 Å². The summed E-state index contributed by atoms with van der Waals surface area (Å²) in [5, 5.41) is 0. The Bertz CT molecular complexity index is 734. The van der Waals surface area contributed by atoms with E-state index in [9.17, 15) is 17.6 Å². The first-order valence-electron chi connectivity index (χ1n) is 13.3. The van der Waals surface area contributed by atoms with Crippen molar-refractivity contribution >= 4 is 0 Å². The van der Waals surface area contributed by atoms with Gasteiger partial charge in [-0.2, -0.15) is 13.2 Å². The molecule has 0 nitrogen and oxygen atoms in total. The summed E-state index contributed by atoms with van der Waals surface area (Å²) in [6, 6.07) is 3.50. The van der Waals surface area contributed by atoms with Crippen LogP contribution in [-0.2, 0) is 6.18 Å². The normalized spacial score (nSPS) is 26.3. The predicted octanol–water partition coefficient (Wildman–Crippen LogP) is 10.2. The third kappa shape index (κ3) is 8.14. The molecule has 0 radical (unpaired) electrons. The molecule has 2 fully saturated rings. The summed E-state index contributed by atoms with van der Waals surface area (Å²) in [6.45, 7) is 6.34. The van der Waals surface area contributed by atoms with Crippen LogP contribution in [0, 0.1) is 23.6 Å². The average Bonchev–Trinajstić information content (AvgIpc) is 2.80. The van der Waals surface area contributed by atoms with Gasteiger partial charge in [0.15, 0.2) is 0 Å². The van der Waals surface area contributed by atoms with Gasteiger partial charge in [-0.3, -0.25) is 0 Å². The molecule has 33 heavy (non-hydrogen) atoms. The van der Waals surface area contributed by atoms with Crippen molar-refractivity contribution in [3.63, 3.8) is 0 Å². The van der Waals surface area contributed by atoms with Crippen molar-refractivity contribution in [2.75, 3.05) is 0 Å². The highest BCUT2D eigenvalue weighted by Gasteiger charge is 2.34. The molecule has 0 saturated heterocycles. The second-order valence-corrected chi connectivity index (χ2v) is 10.8. The third-order valence-corrected chi connectivity index (χ3v) is 8.46. The van der Waals surface area contributed by atoms with Gasteiger partial charge in [0.25, 0.3) is 0 Å². The van der Waals surface area contributed by atoms with Gasteiger partial charge in [-0.1, -0.05) is 76.5 Å². The summed E-state index contributed by atoms with van der Waals surface area (Å²) < 4.78 is 52.3. The summed E-state index contributed by atoms with van der Waals surface area (Å²) in [5.74, 6) is 1.62. The molecule has 2 aliphatic rings. The zero-order valence-corrected chi connectivity index (χ0v) is 20.4. The van der Waals surface area contributed by atoms with Crippen LogP contribution in [0.4, 0.5) is 17.6 Å². The molecule has 0 spiro atoms. The van der Waals surface area contributed by atoms with Crippen molar-refractivity contribution < 1.29 is 17.6 Å². The van der Waals surface area contributed by atoms with Gasteiger partial charge in [-0.05, 0) is 86.3 Å². The first-order valence-corrected chi connectivity index (χ1v) is 13.3. The standard InChI is InChI=1S/C29H42F4/c1-3-21(2)8-9-24-12-10-22(11-13-24)6-4-5-7-23-14-16-25(17-15-23)26-18-19-27(28(30)20-26)29(31,32)33/h18-20,22-25H,2-17H2,1H3. The Morgan fingerprint density at radius 3 is 1.85 bits per heavy atom. The number of rotatable bonds is 10. The number of unbranched alkanes of at least 4 members (excludes halogenated alkanes) is 1. The molecule has 1 aromatic rings. The maximum Gasteiger partial charge on any atom is 0.419 e. The van der Waals surface area contributed by atoms with Crippen LogP contribution in [0.1, 0.15) is 120 Å². The number of allylic oxidation sites excluding steroid dienone is 1. The molecule has 0 N–H and O–H groups in total. The van der Waals surface area contributed by atoms with Gasteiger partial charge >= 0.3 is 6.18 Å². The lowest BCUT2D eigenvalue weighted by Crippen LogP contribution is -2.16. The quantitative estimate of drug-likeness (QED) is 0.183. The molecule has 0 amide bonds. The zero-order valence-electron chi connectivity index (χ0n) is 20.4. The summed E-state index contributed by atoms with van der Waals surface area (Å²) in [6.07, 6.45) is 14.0. The van der Waals surface area contributed by atoms with Crippen LogP contribution >= 0.6 is 0 Å². The van der Waals surface area contributed by atoms with Crippen molar-refractivity contribution in [1.29, 1.82) is 0 Å². The van der Waals surface area contributed by atoms with E-state index in [0.717, 1.165) is 67.6 Å². The molecule has 4 heteroatoms. The van der Waals surface area contributed by atoms with Crippen LogP contribution < -0.4 is 0 Å². The monoisotopic (exact) mass is 466 g/mol. The molecule has 3 rings (SSSR count). The van der Waals surface area contributed by atoms with E-state index in [1.54, 1.807) is 0 Å². The second-order valence-electron chi connectivity index (χ2n) is 10.8. The van der Waals surface area contributed by atoms with E-state index in [1.807, 2.05) is 0 Å². The van der Waals surface area contributed by atoms with Crippen molar-refractivity contribution in [3.05, 3.63) is 47.3 Å². The van der Waals surface area contributed by atoms with Crippen LogP contribution in [0.3, 0.4) is 0 Å². The highest BCUT2D eigenvalue weighted by atomic mass is 19.4. The first-order chi connectivity index (χ1) is 15.8. The molecule has 0 aromatic heterocycles. The van der Waals surface area contributed by atoms with Gasteiger partial charge < -0.3 is 0 Å². The molecule has 0 heterocycles. The van der Waals surface area contributed by atoms with E-state index >= 15 is 0 Å². The van der Waals surface area contributed by atoms with Gasteiger partial charge in [-0.15, -0.1) is 0 Å². The van der Waals surface area contributed by atoms with Crippen LogP contribution in [-0.4, -0.2) is 0 Å². The second kappa shape index (κ2) is 12.4. The highest BCUT2D eigenvalue weighted by Crippen LogP contribution is 2.40. The highest BCUT2D eigenvalue weighted by molar-refractivity contribution is 5.29. The van der Waals surface area contributed by atoms with Crippen LogP contribution in [0.25, 0.3) is 0 Å². The summed E-state index contributed by atoms with van der Waals surface area (Å²) in [5.41, 5.74) is 0.974. The molecule has 0 aliphatic heterocycles. The third-order valence-electron chi connectivity index (χ3n) is 8.46. The van der Waals surface area contributed by atoms with E-state index in [1.165, 1.54) is 75.8 Å². The van der Waals surface area contributed by atoms with Gasteiger partial charge in [0, 0.05) is 0 Å². The molecular weight excluding hydrogens is 424 g/mol. The lowest BCUT2D eigenvalue weighted by atomic mass is 9.76. The number of halogens is 4. The SMILES string of the molecule is C=C(CC)CCC1CCC(CCCCC2CCC(c3ccc(C(F)(F)F)c(F)c3)CC2)CC1. The van der Waals surface area contributed by atoms with Gasteiger partial charge in [0.1, 0.15) is 5.82 Å². The van der Waals surface area contributed by atoms with Gasteiger partial charge in [0.2, 0.25) is 0 Å².